The Balaban J connectivity index is 2.29. The second-order valence-electron chi connectivity index (χ2n) is 5.11. The summed E-state index contributed by atoms with van der Waals surface area (Å²) in [6.07, 6.45) is -0.460. The summed E-state index contributed by atoms with van der Waals surface area (Å²) in [5, 5.41) is 0. The molecule has 2 atom stereocenters. The van der Waals surface area contributed by atoms with Crippen molar-refractivity contribution in [3.8, 4) is 0 Å². The van der Waals surface area contributed by atoms with Crippen LogP contribution in [0.4, 0.5) is 0 Å². The molecule has 1 fully saturated rings. The van der Waals surface area contributed by atoms with Crippen molar-refractivity contribution in [2.75, 3.05) is 6.61 Å². The number of hydrogen-bond acceptors (Lipinski definition) is 3. The van der Waals surface area contributed by atoms with Gasteiger partial charge in [0.2, 0.25) is 0 Å². The third-order valence-corrected chi connectivity index (χ3v) is 3.68. The van der Waals surface area contributed by atoms with Crippen LogP contribution in [0.1, 0.15) is 36.1 Å². The highest BCUT2D eigenvalue weighted by Gasteiger charge is 2.59. The van der Waals surface area contributed by atoms with Gasteiger partial charge in [-0.15, -0.1) is 0 Å². The minimum atomic E-state index is -0.519. The Hall–Kier alpha value is -1.35. The number of benzene rings is 1. The fourth-order valence-electron chi connectivity index (χ4n) is 2.40. The van der Waals surface area contributed by atoms with Gasteiger partial charge in [-0.2, -0.15) is 0 Å². The number of ether oxygens (including phenoxy) is 2. The molecule has 18 heavy (non-hydrogen) atoms. The molecule has 0 saturated carbocycles. The minimum Gasteiger partial charge on any atom is -0.464 e. The topological polar surface area (TPSA) is 38.8 Å². The number of rotatable bonds is 3. The van der Waals surface area contributed by atoms with Gasteiger partial charge in [-0.05, 0) is 56.9 Å². The lowest BCUT2D eigenvalue weighted by atomic mass is 9.90. The van der Waals surface area contributed by atoms with Crippen molar-refractivity contribution < 1.29 is 14.3 Å². The van der Waals surface area contributed by atoms with E-state index in [0.29, 0.717) is 6.61 Å². The molecule has 2 unspecified atom stereocenters. The molecular formula is C15H20O3. The van der Waals surface area contributed by atoms with Crippen molar-refractivity contribution in [2.24, 2.45) is 0 Å². The zero-order valence-corrected chi connectivity index (χ0v) is 11.7. The summed E-state index contributed by atoms with van der Waals surface area (Å²) in [7, 11) is 0. The normalized spacial score (nSPS) is 25.9. The van der Waals surface area contributed by atoms with Crippen LogP contribution < -0.4 is 0 Å². The van der Waals surface area contributed by atoms with Crippen LogP contribution in [0.5, 0.6) is 0 Å². The van der Waals surface area contributed by atoms with Gasteiger partial charge in [0.1, 0.15) is 5.60 Å². The highest BCUT2D eigenvalue weighted by Crippen LogP contribution is 2.48. The SMILES string of the molecule is CCOC(=O)C1OC1(C)c1cc(C)c(C)cc1C. The van der Waals surface area contributed by atoms with Crippen LogP contribution in [-0.2, 0) is 19.9 Å². The second-order valence-corrected chi connectivity index (χ2v) is 5.11. The van der Waals surface area contributed by atoms with Crippen LogP contribution in [0, 0.1) is 20.8 Å². The Morgan fingerprint density at radius 3 is 2.50 bits per heavy atom. The lowest BCUT2D eigenvalue weighted by molar-refractivity contribution is -0.144. The molecule has 0 aromatic heterocycles. The summed E-state index contributed by atoms with van der Waals surface area (Å²) in [6, 6.07) is 4.25. The quantitative estimate of drug-likeness (QED) is 0.610. The Bertz CT molecular complexity index is 493. The van der Waals surface area contributed by atoms with E-state index in [-0.39, 0.29) is 5.97 Å². The Morgan fingerprint density at radius 1 is 1.28 bits per heavy atom. The van der Waals surface area contributed by atoms with E-state index >= 15 is 0 Å². The van der Waals surface area contributed by atoms with Crippen LogP contribution in [0.3, 0.4) is 0 Å². The van der Waals surface area contributed by atoms with Crippen molar-refractivity contribution in [1.82, 2.24) is 0 Å². The lowest BCUT2D eigenvalue weighted by Crippen LogP contribution is -2.19. The van der Waals surface area contributed by atoms with Gasteiger partial charge >= 0.3 is 5.97 Å². The molecule has 0 amide bonds. The van der Waals surface area contributed by atoms with Gasteiger partial charge in [0.25, 0.3) is 0 Å². The van der Waals surface area contributed by atoms with E-state index in [0.717, 1.165) is 11.1 Å². The minimum absolute atomic E-state index is 0.266. The van der Waals surface area contributed by atoms with Gasteiger partial charge in [0, 0.05) is 0 Å². The van der Waals surface area contributed by atoms with Gasteiger partial charge in [-0.3, -0.25) is 0 Å². The van der Waals surface area contributed by atoms with Crippen LogP contribution >= 0.6 is 0 Å². The van der Waals surface area contributed by atoms with E-state index in [1.54, 1.807) is 6.92 Å². The molecule has 1 saturated heterocycles. The summed E-state index contributed by atoms with van der Waals surface area (Å²) in [6.45, 7) is 10.4. The average Bonchev–Trinajstić information content (AvgIpc) is 2.98. The molecule has 98 valence electrons. The second kappa shape index (κ2) is 4.39. The summed E-state index contributed by atoms with van der Waals surface area (Å²) in [5.41, 5.74) is 4.20. The molecule has 1 aliphatic rings. The predicted octanol–water partition coefficient (Wildman–Crippen LogP) is 2.79. The number of aryl methyl sites for hydroxylation is 3. The van der Waals surface area contributed by atoms with Crippen LogP contribution in [-0.4, -0.2) is 18.7 Å². The van der Waals surface area contributed by atoms with E-state index < -0.39 is 11.7 Å². The molecule has 0 aliphatic carbocycles. The van der Waals surface area contributed by atoms with Crippen molar-refractivity contribution in [2.45, 2.75) is 46.3 Å². The predicted molar refractivity (Wildman–Crippen MR) is 69.5 cm³/mol. The smallest absolute Gasteiger partial charge is 0.338 e. The zero-order chi connectivity index (χ0) is 13.5. The Morgan fingerprint density at radius 2 is 1.89 bits per heavy atom. The van der Waals surface area contributed by atoms with Crippen molar-refractivity contribution in [1.29, 1.82) is 0 Å². The zero-order valence-electron chi connectivity index (χ0n) is 11.7. The van der Waals surface area contributed by atoms with E-state index in [9.17, 15) is 4.79 Å². The van der Waals surface area contributed by atoms with Gasteiger partial charge in [-0.1, -0.05) is 12.1 Å². The van der Waals surface area contributed by atoms with Crippen LogP contribution in [0.15, 0.2) is 12.1 Å². The number of carbonyl (C=O) groups is 1. The van der Waals surface area contributed by atoms with E-state index in [1.165, 1.54) is 11.1 Å². The van der Waals surface area contributed by atoms with Gasteiger partial charge in [-0.25, -0.2) is 4.79 Å². The number of hydrogen-bond donors (Lipinski definition) is 0. The fraction of sp³-hybridized carbons (Fsp3) is 0.533. The molecular weight excluding hydrogens is 228 g/mol. The maximum Gasteiger partial charge on any atom is 0.338 e. The first-order valence-electron chi connectivity index (χ1n) is 6.33. The molecule has 3 heteroatoms. The number of epoxide rings is 1. The third-order valence-electron chi connectivity index (χ3n) is 3.68. The molecule has 1 aliphatic heterocycles. The van der Waals surface area contributed by atoms with Crippen molar-refractivity contribution in [3.05, 3.63) is 34.4 Å². The molecule has 2 rings (SSSR count). The number of carbonyl (C=O) groups excluding carboxylic acids is 1. The van der Waals surface area contributed by atoms with Gasteiger partial charge < -0.3 is 9.47 Å². The van der Waals surface area contributed by atoms with Gasteiger partial charge in [0.15, 0.2) is 6.10 Å². The summed E-state index contributed by atoms with van der Waals surface area (Å²) in [5.74, 6) is -0.266. The average molecular weight is 248 g/mol. The first kappa shape index (κ1) is 13.1. The van der Waals surface area contributed by atoms with Crippen molar-refractivity contribution in [3.63, 3.8) is 0 Å². The van der Waals surface area contributed by atoms with Crippen LogP contribution in [0.2, 0.25) is 0 Å². The van der Waals surface area contributed by atoms with Gasteiger partial charge in [0.05, 0.1) is 6.61 Å². The largest absolute Gasteiger partial charge is 0.464 e. The first-order chi connectivity index (χ1) is 8.40. The standard InChI is InChI=1S/C15H20O3/c1-6-17-14(16)13-15(5,18-13)12-8-10(3)9(2)7-11(12)4/h7-8,13H,6H2,1-5H3. The van der Waals surface area contributed by atoms with E-state index in [2.05, 4.69) is 32.9 Å². The van der Waals surface area contributed by atoms with E-state index in [1.807, 2.05) is 6.92 Å². The molecule has 1 aromatic rings. The maximum absolute atomic E-state index is 11.7. The summed E-state index contributed by atoms with van der Waals surface area (Å²) < 4.78 is 10.6. The maximum atomic E-state index is 11.7. The molecule has 0 N–H and O–H groups in total. The molecule has 1 aromatic carbocycles. The molecule has 0 bridgehead atoms. The third kappa shape index (κ3) is 2.03. The Kier molecular flexibility index (Phi) is 3.20. The van der Waals surface area contributed by atoms with Crippen LogP contribution in [0.25, 0.3) is 0 Å². The molecule has 1 heterocycles. The molecule has 0 radical (unpaired) electrons. The highest BCUT2D eigenvalue weighted by atomic mass is 16.7. The van der Waals surface area contributed by atoms with Crippen molar-refractivity contribution >= 4 is 5.97 Å². The lowest BCUT2D eigenvalue weighted by Gasteiger charge is -2.13. The highest BCUT2D eigenvalue weighted by molar-refractivity contribution is 5.80. The molecule has 3 nitrogen and oxygen atoms in total. The first-order valence-corrected chi connectivity index (χ1v) is 6.33. The monoisotopic (exact) mass is 248 g/mol. The van der Waals surface area contributed by atoms with E-state index in [4.69, 9.17) is 9.47 Å². The Labute approximate surface area is 108 Å². The summed E-state index contributed by atoms with van der Waals surface area (Å²) in [4.78, 5) is 11.7. The number of esters is 1. The fourth-order valence-corrected chi connectivity index (χ4v) is 2.40. The molecule has 0 spiro atoms. The summed E-state index contributed by atoms with van der Waals surface area (Å²) >= 11 is 0.